The van der Waals surface area contributed by atoms with E-state index < -0.39 is 0 Å². The van der Waals surface area contributed by atoms with Gasteiger partial charge < -0.3 is 10.1 Å². The summed E-state index contributed by atoms with van der Waals surface area (Å²) in [6, 6.07) is 15.8. The molecule has 6 heteroatoms. The molecule has 2 atom stereocenters. The molecule has 1 amide bonds. The molecule has 3 aromatic rings. The second-order valence-electron chi connectivity index (χ2n) is 7.50. The van der Waals surface area contributed by atoms with Crippen molar-refractivity contribution in [2.45, 2.75) is 32.2 Å². The van der Waals surface area contributed by atoms with Crippen molar-refractivity contribution in [2.24, 2.45) is 5.92 Å². The zero-order chi connectivity index (χ0) is 20.4. The van der Waals surface area contributed by atoms with Crippen molar-refractivity contribution in [1.82, 2.24) is 9.78 Å². The molecule has 2 aromatic carbocycles. The Morgan fingerprint density at radius 2 is 1.97 bits per heavy atom. The molecule has 0 unspecified atom stereocenters. The van der Waals surface area contributed by atoms with Crippen LogP contribution in [0.1, 0.15) is 24.6 Å². The quantitative estimate of drug-likeness (QED) is 0.650. The minimum Gasteiger partial charge on any atom is -0.489 e. The Morgan fingerprint density at radius 3 is 2.62 bits per heavy atom. The topological polar surface area (TPSA) is 56.1 Å². The summed E-state index contributed by atoms with van der Waals surface area (Å²) in [5, 5.41) is 7.32. The summed E-state index contributed by atoms with van der Waals surface area (Å²) >= 11 is 0. The molecule has 1 saturated carbocycles. The number of ether oxygens (including phenoxy) is 1. The van der Waals surface area contributed by atoms with E-state index in [9.17, 15) is 9.18 Å². The van der Waals surface area contributed by atoms with E-state index in [1.165, 1.54) is 12.1 Å². The van der Waals surface area contributed by atoms with Gasteiger partial charge in [0.1, 0.15) is 11.5 Å². The molecule has 0 radical (unpaired) electrons. The van der Waals surface area contributed by atoms with Crippen LogP contribution < -0.4 is 10.1 Å². The summed E-state index contributed by atoms with van der Waals surface area (Å²) < 4.78 is 21.1. The van der Waals surface area contributed by atoms with Gasteiger partial charge in [-0.15, -0.1) is 0 Å². The Labute approximate surface area is 169 Å². The van der Waals surface area contributed by atoms with Crippen LogP contribution in [0.3, 0.4) is 0 Å². The van der Waals surface area contributed by atoms with Crippen LogP contribution in [-0.2, 0) is 16.8 Å². The fourth-order valence-corrected chi connectivity index (χ4v) is 3.75. The number of hydrogen-bond donors (Lipinski definition) is 1. The van der Waals surface area contributed by atoms with Gasteiger partial charge in [-0.2, -0.15) is 5.10 Å². The van der Waals surface area contributed by atoms with Crippen LogP contribution in [0.15, 0.2) is 60.8 Å². The number of carbonyl (C=O) groups excluding carboxylic acids is 1. The van der Waals surface area contributed by atoms with Crippen molar-refractivity contribution in [3.8, 4) is 5.75 Å². The first-order valence-corrected chi connectivity index (χ1v) is 9.80. The Hall–Kier alpha value is -3.15. The molecule has 1 fully saturated rings. The summed E-state index contributed by atoms with van der Waals surface area (Å²) in [6.45, 7) is 5.12. The SMILES string of the molecule is CCn1cc(OC[C@]2(c3ccccc3)C[C@@H]2C(=O)Nc2ccc(F)cc2)c(C)n1. The number of amides is 1. The van der Waals surface area contributed by atoms with Crippen molar-refractivity contribution >= 4 is 11.6 Å². The standard InChI is InChI=1S/C23H24FN3O2/c1-3-27-14-21(16(2)26-27)29-15-23(17-7-5-4-6-8-17)13-20(23)22(28)25-19-11-9-18(24)10-12-19/h4-12,14,20H,3,13,15H2,1-2H3,(H,25,28)/t20-,23+/m1/s1. The monoisotopic (exact) mass is 393 g/mol. The number of anilines is 1. The highest BCUT2D eigenvalue weighted by Crippen LogP contribution is 2.55. The van der Waals surface area contributed by atoms with Crippen LogP contribution in [0.25, 0.3) is 0 Å². The Balaban J connectivity index is 1.52. The number of aromatic nitrogens is 2. The van der Waals surface area contributed by atoms with Gasteiger partial charge >= 0.3 is 0 Å². The maximum absolute atomic E-state index is 13.1. The van der Waals surface area contributed by atoms with Crippen LogP contribution in [0.4, 0.5) is 10.1 Å². The number of nitrogens with zero attached hydrogens (tertiary/aromatic N) is 2. The molecule has 4 rings (SSSR count). The van der Waals surface area contributed by atoms with Gasteiger partial charge in [-0.1, -0.05) is 30.3 Å². The second-order valence-corrected chi connectivity index (χ2v) is 7.50. The number of nitrogens with one attached hydrogen (secondary N) is 1. The average molecular weight is 393 g/mol. The fourth-order valence-electron chi connectivity index (χ4n) is 3.75. The van der Waals surface area contributed by atoms with Crippen LogP contribution in [0.5, 0.6) is 5.75 Å². The summed E-state index contributed by atoms with van der Waals surface area (Å²) in [5.41, 5.74) is 2.13. The Bertz CT molecular complexity index is 1000. The number of benzene rings is 2. The van der Waals surface area contributed by atoms with Gasteiger partial charge in [0, 0.05) is 17.6 Å². The Kier molecular flexibility index (Phi) is 5.09. The fraction of sp³-hybridized carbons (Fsp3) is 0.304. The molecule has 29 heavy (non-hydrogen) atoms. The lowest BCUT2D eigenvalue weighted by Crippen LogP contribution is -2.26. The second kappa shape index (κ2) is 7.70. The highest BCUT2D eigenvalue weighted by molar-refractivity contribution is 5.96. The highest BCUT2D eigenvalue weighted by atomic mass is 19.1. The van der Waals surface area contributed by atoms with Crippen LogP contribution >= 0.6 is 0 Å². The number of halogens is 1. The molecule has 5 nitrogen and oxygen atoms in total. The molecule has 1 aliphatic rings. The molecule has 1 aromatic heterocycles. The number of carbonyl (C=O) groups is 1. The maximum Gasteiger partial charge on any atom is 0.228 e. The summed E-state index contributed by atoms with van der Waals surface area (Å²) in [4.78, 5) is 12.9. The summed E-state index contributed by atoms with van der Waals surface area (Å²) in [7, 11) is 0. The minimum absolute atomic E-state index is 0.0787. The highest BCUT2D eigenvalue weighted by Gasteiger charge is 2.60. The van der Waals surface area contributed by atoms with E-state index in [1.54, 1.807) is 12.1 Å². The average Bonchev–Trinajstić information content (AvgIpc) is 3.38. The normalized spacial score (nSPS) is 20.3. The van der Waals surface area contributed by atoms with Gasteiger partial charge in [-0.25, -0.2) is 4.39 Å². The first-order chi connectivity index (χ1) is 14.0. The predicted octanol–water partition coefficient (Wildman–Crippen LogP) is 4.33. The minimum atomic E-state index is -0.383. The first-order valence-electron chi connectivity index (χ1n) is 9.80. The molecule has 1 heterocycles. The maximum atomic E-state index is 13.1. The molecule has 0 saturated heterocycles. The zero-order valence-corrected chi connectivity index (χ0v) is 16.6. The number of hydrogen-bond acceptors (Lipinski definition) is 3. The summed E-state index contributed by atoms with van der Waals surface area (Å²) in [5.74, 6) is 0.123. The van der Waals surface area contributed by atoms with E-state index in [2.05, 4.69) is 10.4 Å². The van der Waals surface area contributed by atoms with Crippen LogP contribution in [0.2, 0.25) is 0 Å². The van der Waals surface area contributed by atoms with E-state index in [0.29, 0.717) is 18.7 Å². The molecule has 150 valence electrons. The Morgan fingerprint density at radius 1 is 1.24 bits per heavy atom. The van der Waals surface area contributed by atoms with Crippen LogP contribution in [-0.4, -0.2) is 22.3 Å². The van der Waals surface area contributed by atoms with Crippen molar-refractivity contribution in [3.63, 3.8) is 0 Å². The third kappa shape index (κ3) is 3.88. The smallest absolute Gasteiger partial charge is 0.228 e. The molecule has 0 spiro atoms. The lowest BCUT2D eigenvalue weighted by molar-refractivity contribution is -0.117. The lowest BCUT2D eigenvalue weighted by Gasteiger charge is -2.19. The van der Waals surface area contributed by atoms with E-state index in [4.69, 9.17) is 4.74 Å². The van der Waals surface area contributed by atoms with Crippen molar-refractivity contribution in [3.05, 3.63) is 77.9 Å². The van der Waals surface area contributed by atoms with Gasteiger partial charge in [-0.3, -0.25) is 9.48 Å². The summed E-state index contributed by atoms with van der Waals surface area (Å²) in [6.07, 6.45) is 2.59. The molecular formula is C23H24FN3O2. The van der Waals surface area contributed by atoms with Crippen molar-refractivity contribution in [1.29, 1.82) is 0 Å². The third-order valence-electron chi connectivity index (χ3n) is 5.56. The van der Waals surface area contributed by atoms with E-state index in [-0.39, 0.29) is 23.1 Å². The molecule has 0 aliphatic heterocycles. The number of rotatable bonds is 7. The third-order valence-corrected chi connectivity index (χ3v) is 5.56. The largest absolute Gasteiger partial charge is 0.489 e. The molecule has 1 aliphatic carbocycles. The van der Waals surface area contributed by atoms with Crippen molar-refractivity contribution in [2.75, 3.05) is 11.9 Å². The van der Waals surface area contributed by atoms with Crippen molar-refractivity contribution < 1.29 is 13.9 Å². The van der Waals surface area contributed by atoms with E-state index in [0.717, 1.165) is 23.6 Å². The molecular weight excluding hydrogens is 369 g/mol. The predicted molar refractivity (Wildman–Crippen MR) is 109 cm³/mol. The van der Waals surface area contributed by atoms with Crippen LogP contribution in [0, 0.1) is 18.7 Å². The molecule has 1 N–H and O–H groups in total. The van der Waals surface area contributed by atoms with Gasteiger partial charge in [0.2, 0.25) is 5.91 Å². The molecule has 0 bridgehead atoms. The first kappa shape index (κ1) is 19.2. The van der Waals surface area contributed by atoms with Gasteiger partial charge in [0.05, 0.1) is 18.7 Å². The van der Waals surface area contributed by atoms with Gasteiger partial charge in [0.15, 0.2) is 5.75 Å². The van der Waals surface area contributed by atoms with E-state index in [1.807, 2.05) is 55.1 Å². The number of aryl methyl sites for hydroxylation is 2. The lowest BCUT2D eigenvalue weighted by atomic mass is 9.93. The van der Waals surface area contributed by atoms with Gasteiger partial charge in [0.25, 0.3) is 0 Å². The zero-order valence-electron chi connectivity index (χ0n) is 16.6. The van der Waals surface area contributed by atoms with Gasteiger partial charge in [-0.05, 0) is 50.1 Å². The van der Waals surface area contributed by atoms with E-state index >= 15 is 0 Å².